The monoisotopic (exact) mass is 321 g/mol. The molecule has 130 valence electrons. The molecule has 2 saturated carbocycles. The molecule has 23 heavy (non-hydrogen) atoms. The van der Waals surface area contributed by atoms with Crippen LogP contribution >= 0.6 is 0 Å². The van der Waals surface area contributed by atoms with E-state index in [-0.39, 0.29) is 12.2 Å². The van der Waals surface area contributed by atoms with E-state index in [0.29, 0.717) is 0 Å². The first kappa shape index (κ1) is 15.7. The highest BCUT2D eigenvalue weighted by Crippen LogP contribution is 2.48. The Morgan fingerprint density at radius 3 is 2.43 bits per heavy atom. The lowest BCUT2D eigenvalue weighted by molar-refractivity contribution is -0.0817. The standard InChI is InChI=1S/C18H31N3O2/c1-19-18(20-11-15(13-4-5-13)14-6-7-14)21-8-10-23-17(12-21)16-3-2-9-22-16/h13-17H,2-12H2,1H3,(H,19,20). The van der Waals surface area contributed by atoms with E-state index in [9.17, 15) is 0 Å². The van der Waals surface area contributed by atoms with Gasteiger partial charge in [0.1, 0.15) is 6.10 Å². The third-order valence-corrected chi connectivity index (χ3v) is 5.94. The molecule has 0 amide bonds. The van der Waals surface area contributed by atoms with Gasteiger partial charge in [0.05, 0.1) is 12.7 Å². The molecule has 2 heterocycles. The highest BCUT2D eigenvalue weighted by molar-refractivity contribution is 5.80. The molecule has 2 aliphatic carbocycles. The van der Waals surface area contributed by atoms with E-state index in [1.165, 1.54) is 32.1 Å². The number of aliphatic imine (C=N–C) groups is 1. The van der Waals surface area contributed by atoms with Crippen molar-refractivity contribution in [2.75, 3.05) is 39.9 Å². The normalized spacial score (nSPS) is 32.6. The summed E-state index contributed by atoms with van der Waals surface area (Å²) in [6.07, 6.45) is 8.56. The SMILES string of the molecule is CN=C(NCC(C1CC1)C1CC1)N1CCOC(C2CCCO2)C1. The van der Waals surface area contributed by atoms with E-state index in [4.69, 9.17) is 9.47 Å². The van der Waals surface area contributed by atoms with Gasteiger partial charge in [-0.1, -0.05) is 0 Å². The summed E-state index contributed by atoms with van der Waals surface area (Å²) in [5.41, 5.74) is 0. The minimum absolute atomic E-state index is 0.201. The largest absolute Gasteiger partial charge is 0.375 e. The van der Waals surface area contributed by atoms with Crippen LogP contribution in [-0.2, 0) is 9.47 Å². The number of hydrogen-bond donors (Lipinski definition) is 1. The van der Waals surface area contributed by atoms with Gasteiger partial charge in [-0.3, -0.25) is 4.99 Å². The van der Waals surface area contributed by atoms with Gasteiger partial charge in [0.25, 0.3) is 0 Å². The van der Waals surface area contributed by atoms with Gasteiger partial charge in [-0.2, -0.15) is 0 Å². The van der Waals surface area contributed by atoms with E-state index >= 15 is 0 Å². The highest BCUT2D eigenvalue weighted by Gasteiger charge is 2.41. The molecule has 0 spiro atoms. The summed E-state index contributed by atoms with van der Waals surface area (Å²) in [6.45, 7) is 4.61. The van der Waals surface area contributed by atoms with Gasteiger partial charge in [0, 0.05) is 33.3 Å². The second kappa shape index (κ2) is 6.98. The summed E-state index contributed by atoms with van der Waals surface area (Å²) in [6, 6.07) is 0. The molecule has 0 aromatic heterocycles. The zero-order chi connectivity index (χ0) is 15.6. The zero-order valence-electron chi connectivity index (χ0n) is 14.4. The average Bonchev–Trinajstić information content (AvgIpc) is 3.52. The fraction of sp³-hybridized carbons (Fsp3) is 0.944. The number of nitrogens with zero attached hydrogens (tertiary/aromatic N) is 2. The van der Waals surface area contributed by atoms with Crippen LogP contribution in [-0.4, -0.2) is 63.0 Å². The van der Waals surface area contributed by atoms with Crippen molar-refractivity contribution in [1.82, 2.24) is 10.2 Å². The zero-order valence-corrected chi connectivity index (χ0v) is 14.4. The molecule has 0 aromatic rings. The van der Waals surface area contributed by atoms with E-state index in [1.807, 2.05) is 7.05 Å². The molecule has 5 heteroatoms. The molecule has 4 aliphatic rings. The lowest BCUT2D eigenvalue weighted by atomic mass is 9.98. The third-order valence-electron chi connectivity index (χ3n) is 5.94. The first-order valence-electron chi connectivity index (χ1n) is 9.54. The van der Waals surface area contributed by atoms with Crippen molar-refractivity contribution < 1.29 is 9.47 Å². The molecule has 5 nitrogen and oxygen atoms in total. The third kappa shape index (κ3) is 3.82. The molecule has 4 rings (SSSR count). The molecule has 4 fully saturated rings. The number of ether oxygens (including phenoxy) is 2. The summed E-state index contributed by atoms with van der Waals surface area (Å²) >= 11 is 0. The Labute approximate surface area is 139 Å². The van der Waals surface area contributed by atoms with E-state index in [1.54, 1.807) is 0 Å². The molecule has 2 saturated heterocycles. The minimum atomic E-state index is 0.201. The molecule has 0 aromatic carbocycles. The Bertz CT molecular complexity index is 416. The lowest BCUT2D eigenvalue weighted by Gasteiger charge is -2.37. The molecule has 2 aliphatic heterocycles. The van der Waals surface area contributed by atoms with Crippen molar-refractivity contribution in [3.05, 3.63) is 0 Å². The first-order valence-corrected chi connectivity index (χ1v) is 9.54. The lowest BCUT2D eigenvalue weighted by Crippen LogP contribution is -2.54. The van der Waals surface area contributed by atoms with Crippen LogP contribution in [0.2, 0.25) is 0 Å². The maximum absolute atomic E-state index is 5.96. The molecular weight excluding hydrogens is 290 g/mol. The fourth-order valence-electron chi connectivity index (χ4n) is 4.30. The van der Waals surface area contributed by atoms with Crippen molar-refractivity contribution in [2.24, 2.45) is 22.7 Å². The van der Waals surface area contributed by atoms with Crippen molar-refractivity contribution in [3.63, 3.8) is 0 Å². The van der Waals surface area contributed by atoms with Gasteiger partial charge in [-0.05, 0) is 56.3 Å². The Hall–Kier alpha value is -0.810. The number of rotatable bonds is 5. The van der Waals surface area contributed by atoms with Crippen LogP contribution in [0.1, 0.15) is 38.5 Å². The number of hydrogen-bond acceptors (Lipinski definition) is 3. The highest BCUT2D eigenvalue weighted by atomic mass is 16.5. The summed E-state index contributed by atoms with van der Waals surface area (Å²) in [5, 5.41) is 3.67. The molecule has 2 atom stereocenters. The maximum atomic E-state index is 5.96. The Morgan fingerprint density at radius 2 is 1.83 bits per heavy atom. The van der Waals surface area contributed by atoms with Crippen LogP contribution in [0.25, 0.3) is 0 Å². The number of guanidine groups is 1. The minimum Gasteiger partial charge on any atom is -0.375 e. The summed E-state index contributed by atoms with van der Waals surface area (Å²) in [7, 11) is 1.90. The van der Waals surface area contributed by atoms with Gasteiger partial charge < -0.3 is 19.7 Å². The molecule has 0 bridgehead atoms. The Morgan fingerprint density at radius 1 is 1.09 bits per heavy atom. The van der Waals surface area contributed by atoms with Crippen LogP contribution in [0.3, 0.4) is 0 Å². The van der Waals surface area contributed by atoms with Gasteiger partial charge >= 0.3 is 0 Å². The predicted octanol–water partition coefficient (Wildman–Crippen LogP) is 1.88. The van der Waals surface area contributed by atoms with Gasteiger partial charge in [0.15, 0.2) is 5.96 Å². The van der Waals surface area contributed by atoms with Crippen molar-refractivity contribution in [1.29, 1.82) is 0 Å². The summed E-state index contributed by atoms with van der Waals surface area (Å²) in [5.74, 6) is 3.90. The van der Waals surface area contributed by atoms with Crippen LogP contribution in [0.15, 0.2) is 4.99 Å². The maximum Gasteiger partial charge on any atom is 0.193 e. The van der Waals surface area contributed by atoms with Crippen molar-refractivity contribution in [3.8, 4) is 0 Å². The second-order valence-corrected chi connectivity index (χ2v) is 7.67. The quantitative estimate of drug-likeness (QED) is 0.620. The van der Waals surface area contributed by atoms with E-state index < -0.39 is 0 Å². The van der Waals surface area contributed by atoms with Gasteiger partial charge in [-0.25, -0.2) is 0 Å². The van der Waals surface area contributed by atoms with Crippen LogP contribution < -0.4 is 5.32 Å². The molecule has 2 unspecified atom stereocenters. The first-order chi connectivity index (χ1) is 11.3. The molecular formula is C18H31N3O2. The van der Waals surface area contributed by atoms with Crippen LogP contribution in [0.5, 0.6) is 0 Å². The Kier molecular flexibility index (Phi) is 4.76. The number of morpholine rings is 1. The summed E-state index contributed by atoms with van der Waals surface area (Å²) < 4.78 is 11.8. The van der Waals surface area contributed by atoms with Crippen molar-refractivity contribution >= 4 is 5.96 Å². The number of nitrogens with one attached hydrogen (secondary N) is 1. The van der Waals surface area contributed by atoms with Gasteiger partial charge in [0.2, 0.25) is 0 Å². The predicted molar refractivity (Wildman–Crippen MR) is 90.6 cm³/mol. The van der Waals surface area contributed by atoms with Crippen LogP contribution in [0, 0.1) is 17.8 Å². The van der Waals surface area contributed by atoms with Crippen molar-refractivity contribution in [2.45, 2.75) is 50.7 Å². The molecule has 1 N–H and O–H groups in total. The van der Waals surface area contributed by atoms with Crippen LogP contribution in [0.4, 0.5) is 0 Å². The molecule has 0 radical (unpaired) electrons. The van der Waals surface area contributed by atoms with Gasteiger partial charge in [-0.15, -0.1) is 0 Å². The second-order valence-electron chi connectivity index (χ2n) is 7.67. The average molecular weight is 321 g/mol. The summed E-state index contributed by atoms with van der Waals surface area (Å²) in [4.78, 5) is 6.91. The topological polar surface area (TPSA) is 46.1 Å². The smallest absolute Gasteiger partial charge is 0.193 e. The Balaban J connectivity index is 1.31. The van der Waals surface area contributed by atoms with E-state index in [2.05, 4.69) is 15.2 Å². The van der Waals surface area contributed by atoms with E-state index in [0.717, 1.165) is 63.0 Å². The fourth-order valence-corrected chi connectivity index (χ4v) is 4.30.